The summed E-state index contributed by atoms with van der Waals surface area (Å²) in [6.45, 7) is 6.70. The van der Waals surface area contributed by atoms with E-state index in [-0.39, 0.29) is 5.91 Å². The number of nitrogens with zero attached hydrogens (tertiary/aromatic N) is 2. The lowest BCUT2D eigenvalue weighted by molar-refractivity contribution is 0.0954. The highest BCUT2D eigenvalue weighted by Crippen LogP contribution is 2.24. The smallest absolute Gasteiger partial charge is 0.251 e. The molecule has 3 aromatic rings. The van der Waals surface area contributed by atoms with E-state index < -0.39 is 0 Å². The largest absolute Gasteiger partial charge is 0.495 e. The molecule has 1 heterocycles. The maximum Gasteiger partial charge on any atom is 0.251 e. The van der Waals surface area contributed by atoms with Gasteiger partial charge in [-0.3, -0.25) is 4.79 Å². The predicted octanol–water partition coefficient (Wildman–Crippen LogP) is 3.78. The lowest BCUT2D eigenvalue weighted by Gasteiger charge is -2.12. The summed E-state index contributed by atoms with van der Waals surface area (Å²) in [4.78, 5) is 16.8. The first-order chi connectivity index (χ1) is 13.0. The zero-order chi connectivity index (χ0) is 19.4. The average Bonchev–Trinajstić information content (AvgIpc) is 3.10. The van der Waals surface area contributed by atoms with Crippen molar-refractivity contribution in [3.8, 4) is 11.4 Å². The van der Waals surface area contributed by atoms with E-state index in [9.17, 15) is 4.79 Å². The lowest BCUT2D eigenvalue weighted by Crippen LogP contribution is -2.26. The Morgan fingerprint density at radius 1 is 1.15 bits per heavy atom. The lowest BCUT2D eigenvalue weighted by atomic mass is 10.0. The van der Waals surface area contributed by atoms with Crippen LogP contribution in [0.15, 0.2) is 48.9 Å². The van der Waals surface area contributed by atoms with Crippen LogP contribution in [0, 0.1) is 20.8 Å². The zero-order valence-electron chi connectivity index (χ0n) is 16.2. The molecule has 1 amide bonds. The standard InChI is InChI=1S/C22H25N3O2/c1-15-5-6-16(2)18(11-15)9-10-23-22(26)19-7-8-20(21(12-19)27-4)25-13-17(3)24-14-25/h5-8,11-14H,9-10H2,1-4H3,(H,23,26). The van der Waals surface area contributed by atoms with Crippen LogP contribution in [-0.4, -0.2) is 29.1 Å². The third-order valence-electron chi connectivity index (χ3n) is 4.62. The van der Waals surface area contributed by atoms with Crippen LogP contribution in [0.5, 0.6) is 5.75 Å². The maximum absolute atomic E-state index is 12.5. The fourth-order valence-electron chi connectivity index (χ4n) is 3.07. The number of carbonyl (C=O) groups is 1. The summed E-state index contributed by atoms with van der Waals surface area (Å²) in [5, 5.41) is 3.00. The van der Waals surface area contributed by atoms with Crippen LogP contribution in [-0.2, 0) is 6.42 Å². The highest BCUT2D eigenvalue weighted by Gasteiger charge is 2.12. The Morgan fingerprint density at radius 3 is 2.67 bits per heavy atom. The van der Waals surface area contributed by atoms with Crippen molar-refractivity contribution in [2.45, 2.75) is 27.2 Å². The molecule has 0 spiro atoms. The molecule has 0 atom stereocenters. The van der Waals surface area contributed by atoms with Crippen LogP contribution in [0.3, 0.4) is 0 Å². The van der Waals surface area contributed by atoms with Crippen LogP contribution < -0.4 is 10.1 Å². The van der Waals surface area contributed by atoms with Crippen molar-refractivity contribution in [2.24, 2.45) is 0 Å². The van der Waals surface area contributed by atoms with E-state index in [0.717, 1.165) is 17.8 Å². The molecule has 27 heavy (non-hydrogen) atoms. The third-order valence-corrected chi connectivity index (χ3v) is 4.62. The Morgan fingerprint density at radius 2 is 1.96 bits per heavy atom. The van der Waals surface area contributed by atoms with Crippen molar-refractivity contribution in [1.29, 1.82) is 0 Å². The van der Waals surface area contributed by atoms with Gasteiger partial charge in [-0.15, -0.1) is 0 Å². The summed E-state index contributed by atoms with van der Waals surface area (Å²) in [5.41, 5.74) is 6.09. The minimum absolute atomic E-state index is 0.105. The number of rotatable bonds is 6. The van der Waals surface area contributed by atoms with Crippen molar-refractivity contribution in [3.05, 3.63) is 76.9 Å². The van der Waals surface area contributed by atoms with Gasteiger partial charge < -0.3 is 14.6 Å². The summed E-state index contributed by atoms with van der Waals surface area (Å²) < 4.78 is 7.36. The van der Waals surface area contributed by atoms with E-state index in [0.29, 0.717) is 17.9 Å². The molecule has 1 N–H and O–H groups in total. The molecule has 5 nitrogen and oxygen atoms in total. The molecule has 0 saturated carbocycles. The van der Waals surface area contributed by atoms with Gasteiger partial charge in [0.05, 0.1) is 24.8 Å². The van der Waals surface area contributed by atoms with Gasteiger partial charge in [0.15, 0.2) is 0 Å². The quantitative estimate of drug-likeness (QED) is 0.725. The molecule has 140 valence electrons. The van der Waals surface area contributed by atoms with Crippen LogP contribution in [0.25, 0.3) is 5.69 Å². The van der Waals surface area contributed by atoms with Gasteiger partial charge in [0.25, 0.3) is 5.91 Å². The molecule has 0 aliphatic heterocycles. The van der Waals surface area contributed by atoms with Crippen LogP contribution in [0.1, 0.15) is 32.7 Å². The number of aryl methyl sites for hydroxylation is 3. The first-order valence-electron chi connectivity index (χ1n) is 9.01. The van der Waals surface area contributed by atoms with Crippen molar-refractivity contribution in [2.75, 3.05) is 13.7 Å². The van der Waals surface area contributed by atoms with Crippen molar-refractivity contribution < 1.29 is 9.53 Å². The highest BCUT2D eigenvalue weighted by atomic mass is 16.5. The van der Waals surface area contributed by atoms with E-state index in [1.54, 1.807) is 25.6 Å². The first kappa shape index (κ1) is 18.7. The Bertz CT molecular complexity index is 960. The van der Waals surface area contributed by atoms with Gasteiger partial charge in [-0.2, -0.15) is 0 Å². The fourth-order valence-corrected chi connectivity index (χ4v) is 3.07. The highest BCUT2D eigenvalue weighted by molar-refractivity contribution is 5.95. The van der Waals surface area contributed by atoms with Crippen molar-refractivity contribution in [3.63, 3.8) is 0 Å². The van der Waals surface area contributed by atoms with Gasteiger partial charge in [-0.25, -0.2) is 4.98 Å². The molecule has 0 aliphatic rings. The molecular weight excluding hydrogens is 338 g/mol. The van der Waals surface area contributed by atoms with Crippen LogP contribution in [0.2, 0.25) is 0 Å². The molecule has 0 aliphatic carbocycles. The second kappa shape index (κ2) is 8.08. The van der Waals surface area contributed by atoms with Crippen LogP contribution in [0.4, 0.5) is 0 Å². The number of methoxy groups -OCH3 is 1. The molecule has 0 bridgehead atoms. The number of aromatic nitrogens is 2. The molecule has 0 fully saturated rings. The van der Waals surface area contributed by atoms with E-state index in [1.165, 1.54) is 16.7 Å². The molecule has 3 rings (SSSR count). The van der Waals surface area contributed by atoms with Crippen molar-refractivity contribution in [1.82, 2.24) is 14.9 Å². The first-order valence-corrected chi connectivity index (χ1v) is 9.01. The normalized spacial score (nSPS) is 10.7. The summed E-state index contributed by atoms with van der Waals surface area (Å²) in [7, 11) is 1.60. The van der Waals surface area contributed by atoms with Crippen molar-refractivity contribution >= 4 is 5.91 Å². The second-order valence-corrected chi connectivity index (χ2v) is 6.74. The Balaban J connectivity index is 1.68. The Kier molecular flexibility index (Phi) is 5.60. The SMILES string of the molecule is COc1cc(C(=O)NCCc2cc(C)ccc2C)ccc1-n1cnc(C)c1. The second-order valence-electron chi connectivity index (χ2n) is 6.74. The van der Waals surface area contributed by atoms with E-state index in [2.05, 4.69) is 42.3 Å². The minimum Gasteiger partial charge on any atom is -0.495 e. The topological polar surface area (TPSA) is 56.1 Å². The van der Waals surface area contributed by atoms with Gasteiger partial charge in [-0.1, -0.05) is 23.8 Å². The van der Waals surface area contributed by atoms with Gasteiger partial charge in [-0.05, 0) is 56.5 Å². The average molecular weight is 363 g/mol. The van der Waals surface area contributed by atoms with E-state index in [4.69, 9.17) is 4.74 Å². The zero-order valence-corrected chi connectivity index (χ0v) is 16.2. The summed E-state index contributed by atoms with van der Waals surface area (Å²) >= 11 is 0. The molecule has 0 unspecified atom stereocenters. The molecule has 1 aromatic heterocycles. The summed E-state index contributed by atoms with van der Waals surface area (Å²) in [5.74, 6) is 0.529. The number of hydrogen-bond acceptors (Lipinski definition) is 3. The summed E-state index contributed by atoms with van der Waals surface area (Å²) in [6.07, 6.45) is 4.46. The Hall–Kier alpha value is -3.08. The number of ether oxygens (including phenoxy) is 1. The van der Waals surface area contributed by atoms with Gasteiger partial charge >= 0.3 is 0 Å². The number of benzene rings is 2. The maximum atomic E-state index is 12.5. The Labute approximate surface area is 160 Å². The van der Waals surface area contributed by atoms with Crippen LogP contribution >= 0.6 is 0 Å². The number of hydrogen-bond donors (Lipinski definition) is 1. The fraction of sp³-hybridized carbons (Fsp3) is 0.273. The number of imidazole rings is 1. The van der Waals surface area contributed by atoms with Gasteiger partial charge in [0.1, 0.15) is 5.75 Å². The molecule has 2 aromatic carbocycles. The third kappa shape index (κ3) is 4.37. The predicted molar refractivity (Wildman–Crippen MR) is 107 cm³/mol. The molecule has 5 heteroatoms. The molecule has 0 saturated heterocycles. The number of nitrogens with one attached hydrogen (secondary N) is 1. The van der Waals surface area contributed by atoms with E-state index >= 15 is 0 Å². The summed E-state index contributed by atoms with van der Waals surface area (Å²) in [6, 6.07) is 11.8. The minimum atomic E-state index is -0.105. The molecular formula is C22H25N3O2. The van der Waals surface area contributed by atoms with Gasteiger partial charge in [0, 0.05) is 18.3 Å². The number of carbonyl (C=O) groups excluding carboxylic acids is 1. The molecule has 0 radical (unpaired) electrons. The van der Waals surface area contributed by atoms with Gasteiger partial charge in [0.2, 0.25) is 0 Å². The van der Waals surface area contributed by atoms with E-state index in [1.807, 2.05) is 23.8 Å². The number of amides is 1. The monoisotopic (exact) mass is 363 g/mol.